The minimum Gasteiger partial charge on any atom is -0.501 e. The van der Waals surface area contributed by atoms with Crippen LogP contribution in [-0.2, 0) is 4.74 Å². The lowest BCUT2D eigenvalue weighted by Gasteiger charge is -2.02. The Morgan fingerprint density at radius 1 is 1.54 bits per heavy atom. The number of methoxy groups -OCH3 is 1. The number of hydrogen-bond donors (Lipinski definition) is 0. The van der Waals surface area contributed by atoms with Gasteiger partial charge in [0.1, 0.15) is 0 Å². The maximum absolute atomic E-state index is 5.08. The molecule has 0 fully saturated rings. The number of aliphatic imine (C=N–C) groups is 1. The van der Waals surface area contributed by atoms with Crippen molar-refractivity contribution in [3.63, 3.8) is 0 Å². The van der Waals surface area contributed by atoms with Crippen molar-refractivity contribution in [2.75, 3.05) is 7.11 Å². The highest BCUT2D eigenvalue weighted by Gasteiger charge is 1.94. The van der Waals surface area contributed by atoms with Crippen molar-refractivity contribution < 1.29 is 4.74 Å². The summed E-state index contributed by atoms with van der Waals surface area (Å²) in [6, 6.07) is 0. The van der Waals surface area contributed by atoms with Crippen molar-refractivity contribution in [3.05, 3.63) is 24.1 Å². The van der Waals surface area contributed by atoms with Gasteiger partial charge >= 0.3 is 0 Å². The lowest BCUT2D eigenvalue weighted by Crippen LogP contribution is -1.89. The zero-order chi connectivity index (χ0) is 10.3. The van der Waals surface area contributed by atoms with Crippen LogP contribution < -0.4 is 0 Å². The molecule has 0 N–H and O–H groups in total. The smallest absolute Gasteiger partial charge is 0.0968 e. The summed E-state index contributed by atoms with van der Waals surface area (Å²) in [5.41, 5.74) is 0.891. The minimum absolute atomic E-state index is 0.400. The molecule has 0 aliphatic heterocycles. The van der Waals surface area contributed by atoms with Crippen LogP contribution in [0.4, 0.5) is 0 Å². The average molecular weight is 181 g/mol. The molecule has 0 radical (unpaired) electrons. The molecule has 2 nitrogen and oxygen atoms in total. The molecule has 0 saturated carbocycles. The molecule has 0 aromatic rings. The van der Waals surface area contributed by atoms with E-state index in [1.165, 1.54) is 0 Å². The highest BCUT2D eigenvalue weighted by atomic mass is 16.5. The predicted molar refractivity (Wildman–Crippen MR) is 57.9 cm³/mol. The number of rotatable bonds is 5. The number of nitrogens with zero attached hydrogens (tertiary/aromatic N) is 1. The molecule has 0 spiro atoms. The number of allylic oxidation sites excluding steroid dienone is 3. The van der Waals surface area contributed by atoms with Gasteiger partial charge in [-0.3, -0.25) is 4.99 Å². The predicted octanol–water partition coefficient (Wildman–Crippen LogP) is 3.17. The van der Waals surface area contributed by atoms with Crippen molar-refractivity contribution in [1.82, 2.24) is 0 Å². The second-order valence-electron chi connectivity index (χ2n) is 3.11. The summed E-state index contributed by atoms with van der Waals surface area (Å²) in [6.45, 7) is 10.0. The molecule has 0 aliphatic carbocycles. The Hall–Kier alpha value is -1.05. The summed E-state index contributed by atoms with van der Waals surface area (Å²) >= 11 is 0. The van der Waals surface area contributed by atoms with Crippen LogP contribution >= 0.6 is 0 Å². The molecule has 0 saturated heterocycles. The largest absolute Gasteiger partial charge is 0.501 e. The normalized spacial score (nSPS) is 12.5. The molecule has 0 aromatic carbocycles. The molecule has 13 heavy (non-hydrogen) atoms. The fourth-order valence-electron chi connectivity index (χ4n) is 0.695. The quantitative estimate of drug-likeness (QED) is 0.471. The van der Waals surface area contributed by atoms with Crippen LogP contribution in [0.5, 0.6) is 0 Å². The van der Waals surface area contributed by atoms with Gasteiger partial charge < -0.3 is 4.74 Å². The Morgan fingerprint density at radius 3 is 2.54 bits per heavy atom. The fraction of sp³-hybridized carbons (Fsp3) is 0.545. The monoisotopic (exact) mass is 181 g/mol. The molecule has 2 heteroatoms. The van der Waals surface area contributed by atoms with Crippen LogP contribution in [0.1, 0.15) is 27.2 Å². The van der Waals surface area contributed by atoms with Gasteiger partial charge in [-0.15, -0.1) is 0 Å². The Labute approximate surface area is 81.0 Å². The molecular weight excluding hydrogens is 162 g/mol. The second kappa shape index (κ2) is 6.46. The molecule has 74 valence electrons. The maximum atomic E-state index is 5.08. The minimum atomic E-state index is 0.400. The van der Waals surface area contributed by atoms with Crippen LogP contribution in [0, 0.1) is 5.92 Å². The van der Waals surface area contributed by atoms with E-state index in [4.69, 9.17) is 4.74 Å². The summed E-state index contributed by atoms with van der Waals surface area (Å²) in [5, 5.41) is 0. The summed E-state index contributed by atoms with van der Waals surface area (Å²) in [7, 11) is 1.67. The van der Waals surface area contributed by atoms with Crippen LogP contribution in [0.15, 0.2) is 29.1 Å². The third kappa shape index (κ3) is 5.23. The van der Waals surface area contributed by atoms with Gasteiger partial charge in [0.15, 0.2) is 0 Å². The Balaban J connectivity index is 4.12. The van der Waals surface area contributed by atoms with E-state index < -0.39 is 0 Å². The van der Waals surface area contributed by atoms with Gasteiger partial charge in [-0.05, 0) is 12.0 Å². The van der Waals surface area contributed by atoms with Crippen LogP contribution in [0.2, 0.25) is 0 Å². The van der Waals surface area contributed by atoms with E-state index >= 15 is 0 Å². The first-order valence-electron chi connectivity index (χ1n) is 4.57. The third-order valence-corrected chi connectivity index (χ3v) is 1.78. The number of ether oxygens (including phenoxy) is 1. The first-order chi connectivity index (χ1) is 6.11. The van der Waals surface area contributed by atoms with Gasteiger partial charge in [0.05, 0.1) is 12.9 Å². The molecule has 0 rings (SSSR count). The summed E-state index contributed by atoms with van der Waals surface area (Å²) in [5.74, 6) is 1.33. The van der Waals surface area contributed by atoms with E-state index in [0.29, 0.717) is 5.92 Å². The lowest BCUT2D eigenvalue weighted by molar-refractivity contribution is 0.281. The Kier molecular flexibility index (Phi) is 5.94. The van der Waals surface area contributed by atoms with Gasteiger partial charge in [-0.2, -0.15) is 0 Å². The van der Waals surface area contributed by atoms with E-state index in [1.54, 1.807) is 13.3 Å². The van der Waals surface area contributed by atoms with Gasteiger partial charge in [-0.1, -0.05) is 27.4 Å². The molecule has 0 unspecified atom stereocenters. The van der Waals surface area contributed by atoms with Gasteiger partial charge in [0, 0.05) is 18.3 Å². The molecule has 0 atom stereocenters. The van der Waals surface area contributed by atoms with Crippen molar-refractivity contribution in [1.29, 1.82) is 0 Å². The molecule has 0 heterocycles. The van der Waals surface area contributed by atoms with Crippen LogP contribution in [-0.4, -0.2) is 13.3 Å². The van der Waals surface area contributed by atoms with E-state index in [2.05, 4.69) is 25.4 Å². The maximum Gasteiger partial charge on any atom is 0.0968 e. The second-order valence-corrected chi connectivity index (χ2v) is 3.11. The molecule has 0 amide bonds. The van der Waals surface area contributed by atoms with Gasteiger partial charge in [0.2, 0.25) is 0 Å². The third-order valence-electron chi connectivity index (χ3n) is 1.78. The fourth-order valence-corrected chi connectivity index (χ4v) is 0.695. The van der Waals surface area contributed by atoms with Crippen LogP contribution in [0.3, 0.4) is 0 Å². The zero-order valence-electron chi connectivity index (χ0n) is 9.00. The number of hydrogen-bond acceptors (Lipinski definition) is 2. The topological polar surface area (TPSA) is 21.6 Å². The first-order valence-corrected chi connectivity index (χ1v) is 4.57. The van der Waals surface area contributed by atoms with E-state index in [0.717, 1.165) is 17.9 Å². The highest BCUT2D eigenvalue weighted by Crippen LogP contribution is 2.07. The van der Waals surface area contributed by atoms with Gasteiger partial charge in [0.25, 0.3) is 0 Å². The molecule has 0 aromatic heterocycles. The average Bonchev–Trinajstić information content (AvgIpc) is 2.12. The summed E-state index contributed by atoms with van der Waals surface area (Å²) in [4.78, 5) is 4.18. The summed E-state index contributed by atoms with van der Waals surface area (Å²) in [6.07, 6.45) is 4.49. The Morgan fingerprint density at radius 2 is 2.15 bits per heavy atom. The lowest BCUT2D eigenvalue weighted by atomic mass is 10.2. The van der Waals surface area contributed by atoms with Crippen molar-refractivity contribution in [2.24, 2.45) is 10.9 Å². The van der Waals surface area contributed by atoms with E-state index in [-0.39, 0.29) is 0 Å². The van der Waals surface area contributed by atoms with Crippen molar-refractivity contribution in [3.8, 4) is 0 Å². The summed E-state index contributed by atoms with van der Waals surface area (Å²) < 4.78 is 5.08. The molecule has 0 aliphatic rings. The first kappa shape index (κ1) is 11.9. The van der Waals surface area contributed by atoms with E-state index in [9.17, 15) is 0 Å². The van der Waals surface area contributed by atoms with Crippen molar-refractivity contribution >= 4 is 6.21 Å². The van der Waals surface area contributed by atoms with Gasteiger partial charge in [-0.25, -0.2) is 0 Å². The molecule has 0 bridgehead atoms. The molecular formula is C11H19NO. The SMILES string of the molecule is C=C(N=C/C=C(\CC)OC)C(C)C. The highest BCUT2D eigenvalue weighted by molar-refractivity contribution is 5.72. The Bertz CT molecular complexity index is 208. The standard InChI is InChI=1S/C11H19NO/c1-6-11(13-5)7-8-12-10(4)9(2)3/h7-9H,4,6H2,1-3,5H3/b11-7+,12-8?. The van der Waals surface area contributed by atoms with Crippen molar-refractivity contribution in [2.45, 2.75) is 27.2 Å². The van der Waals surface area contributed by atoms with Crippen LogP contribution in [0.25, 0.3) is 0 Å². The van der Waals surface area contributed by atoms with E-state index in [1.807, 2.05) is 13.0 Å². The zero-order valence-corrected chi connectivity index (χ0v) is 9.00.